The molecule has 3 aromatic rings. The fraction of sp³-hybridized carbons (Fsp3) is 0.0667. The molecule has 0 unspecified atom stereocenters. The number of hydrogen-bond acceptors (Lipinski definition) is 5. The molecule has 3 N–H and O–H groups in total. The first-order valence-corrected chi connectivity index (χ1v) is 8.12. The van der Waals surface area contributed by atoms with Crippen LogP contribution in [0, 0.1) is 0 Å². The molecule has 0 spiro atoms. The molecule has 11 heteroatoms. The predicted molar refractivity (Wildman–Crippen MR) is 92.1 cm³/mol. The molecule has 26 heavy (non-hydrogen) atoms. The van der Waals surface area contributed by atoms with E-state index in [9.17, 15) is 23.1 Å². The first-order valence-electron chi connectivity index (χ1n) is 6.92. The van der Waals surface area contributed by atoms with Crippen molar-refractivity contribution in [3.8, 4) is 11.5 Å². The third kappa shape index (κ3) is 4.46. The number of phenols is 1. The molecule has 0 aliphatic carbocycles. The molecule has 1 heterocycles. The number of nitrogens with zero attached hydrogens (tertiary/aromatic N) is 1. The number of carbonyl (C=O) groups is 1. The Kier molecular flexibility index (Phi) is 4.79. The summed E-state index contributed by atoms with van der Waals surface area (Å²) in [6.45, 7) is 0. The number of carbonyl (C=O) groups excluding carboxylic acids is 1. The van der Waals surface area contributed by atoms with Crippen LogP contribution in [0.2, 0.25) is 5.02 Å². The van der Waals surface area contributed by atoms with Crippen LogP contribution < -0.4 is 15.4 Å². The van der Waals surface area contributed by atoms with Crippen LogP contribution in [0.5, 0.6) is 11.5 Å². The average molecular weight is 404 g/mol. The van der Waals surface area contributed by atoms with Gasteiger partial charge in [0.05, 0.1) is 15.2 Å². The number of ether oxygens (including phenoxy) is 1. The summed E-state index contributed by atoms with van der Waals surface area (Å²) in [6, 6.07) is 7.17. The number of nitrogens with one attached hydrogen (secondary N) is 2. The standard InChI is InChI=1S/C15H9ClF3N3O3S/c16-9-5-7(1-4-11(9)23)20-13(24)22-14-21-10-3-2-8(6-12(10)26-14)25-15(17,18)19/h1-6,23H,(H2,20,21,22,24). The zero-order valence-corrected chi connectivity index (χ0v) is 14.2. The third-order valence-corrected chi connectivity index (χ3v) is 4.26. The summed E-state index contributed by atoms with van der Waals surface area (Å²) in [4.78, 5) is 16.1. The van der Waals surface area contributed by atoms with Crippen molar-refractivity contribution in [3.05, 3.63) is 41.4 Å². The summed E-state index contributed by atoms with van der Waals surface area (Å²) >= 11 is 6.73. The number of anilines is 2. The quantitative estimate of drug-likeness (QED) is 0.525. The molecule has 0 fully saturated rings. The Labute approximate surface area is 153 Å². The molecule has 1 aromatic heterocycles. The molecule has 2 amide bonds. The number of alkyl halides is 3. The maximum Gasteiger partial charge on any atom is 0.573 e. The van der Waals surface area contributed by atoms with Crippen LogP contribution in [0.4, 0.5) is 28.8 Å². The minimum atomic E-state index is -4.79. The molecule has 0 aliphatic heterocycles. The number of hydrogen-bond donors (Lipinski definition) is 3. The number of phenolic OH excluding ortho intramolecular Hbond substituents is 1. The zero-order chi connectivity index (χ0) is 18.9. The average Bonchev–Trinajstić information content (AvgIpc) is 2.90. The van der Waals surface area contributed by atoms with E-state index in [1.165, 1.54) is 30.3 Å². The lowest BCUT2D eigenvalue weighted by Crippen LogP contribution is -2.19. The Morgan fingerprint density at radius 1 is 1.19 bits per heavy atom. The number of thiazole rings is 1. The van der Waals surface area contributed by atoms with Gasteiger partial charge in [0.25, 0.3) is 0 Å². The van der Waals surface area contributed by atoms with E-state index in [1.807, 2.05) is 0 Å². The van der Waals surface area contributed by atoms with Crippen LogP contribution in [0.15, 0.2) is 36.4 Å². The van der Waals surface area contributed by atoms with E-state index < -0.39 is 12.4 Å². The van der Waals surface area contributed by atoms with Gasteiger partial charge in [-0.05, 0) is 30.3 Å². The van der Waals surface area contributed by atoms with Gasteiger partial charge in [0.1, 0.15) is 11.5 Å². The fourth-order valence-corrected chi connectivity index (χ4v) is 3.07. The molecule has 136 valence electrons. The second-order valence-electron chi connectivity index (χ2n) is 4.94. The monoisotopic (exact) mass is 403 g/mol. The number of rotatable bonds is 3. The molecule has 2 aromatic carbocycles. The first kappa shape index (κ1) is 18.1. The maximum atomic E-state index is 12.3. The van der Waals surface area contributed by atoms with E-state index >= 15 is 0 Å². The minimum Gasteiger partial charge on any atom is -0.506 e. The molecule has 0 aliphatic rings. The molecule has 6 nitrogen and oxygen atoms in total. The predicted octanol–water partition coefficient (Wildman–Crippen LogP) is 5.20. The van der Waals surface area contributed by atoms with Crippen molar-refractivity contribution >= 4 is 50.0 Å². The van der Waals surface area contributed by atoms with Gasteiger partial charge in [-0.2, -0.15) is 0 Å². The van der Waals surface area contributed by atoms with Crippen molar-refractivity contribution in [2.75, 3.05) is 10.6 Å². The van der Waals surface area contributed by atoms with Gasteiger partial charge in [0, 0.05) is 11.8 Å². The first-order chi connectivity index (χ1) is 12.2. The van der Waals surface area contributed by atoms with Gasteiger partial charge in [0.15, 0.2) is 5.13 Å². The van der Waals surface area contributed by atoms with Crippen molar-refractivity contribution in [3.63, 3.8) is 0 Å². The summed E-state index contributed by atoms with van der Waals surface area (Å²) in [5, 5.41) is 14.6. The van der Waals surface area contributed by atoms with Crippen LogP contribution >= 0.6 is 22.9 Å². The van der Waals surface area contributed by atoms with Crippen molar-refractivity contribution in [2.45, 2.75) is 6.36 Å². The van der Waals surface area contributed by atoms with Crippen molar-refractivity contribution < 1.29 is 27.8 Å². The maximum absolute atomic E-state index is 12.3. The number of urea groups is 1. The second-order valence-corrected chi connectivity index (χ2v) is 6.38. The highest BCUT2D eigenvalue weighted by Crippen LogP contribution is 2.32. The number of benzene rings is 2. The minimum absolute atomic E-state index is 0.0694. The zero-order valence-electron chi connectivity index (χ0n) is 12.6. The molecule has 3 rings (SSSR count). The van der Waals surface area contributed by atoms with Crippen LogP contribution in [0.1, 0.15) is 0 Å². The summed E-state index contributed by atoms with van der Waals surface area (Å²) < 4.78 is 41.0. The van der Waals surface area contributed by atoms with Gasteiger partial charge in [0.2, 0.25) is 0 Å². The Hall–Kier alpha value is -2.72. The van der Waals surface area contributed by atoms with Gasteiger partial charge in [-0.15, -0.1) is 13.2 Å². The second kappa shape index (κ2) is 6.89. The van der Waals surface area contributed by atoms with Gasteiger partial charge in [-0.3, -0.25) is 5.32 Å². The van der Waals surface area contributed by atoms with E-state index in [-0.39, 0.29) is 21.7 Å². The van der Waals surface area contributed by atoms with Crippen LogP contribution in [0.3, 0.4) is 0 Å². The van der Waals surface area contributed by atoms with Crippen molar-refractivity contribution in [2.24, 2.45) is 0 Å². The van der Waals surface area contributed by atoms with Gasteiger partial charge >= 0.3 is 12.4 Å². The van der Waals surface area contributed by atoms with E-state index in [2.05, 4.69) is 20.4 Å². The lowest BCUT2D eigenvalue weighted by molar-refractivity contribution is -0.274. The van der Waals surface area contributed by atoms with E-state index in [0.29, 0.717) is 15.9 Å². The number of halogens is 4. The van der Waals surface area contributed by atoms with Crippen molar-refractivity contribution in [1.29, 1.82) is 0 Å². The van der Waals surface area contributed by atoms with E-state index in [1.54, 1.807) is 0 Å². The number of amides is 2. The SMILES string of the molecule is O=C(Nc1ccc(O)c(Cl)c1)Nc1nc2ccc(OC(F)(F)F)cc2s1. The molecule has 0 saturated heterocycles. The highest BCUT2D eigenvalue weighted by Gasteiger charge is 2.31. The Balaban J connectivity index is 1.71. The summed E-state index contributed by atoms with van der Waals surface area (Å²) in [7, 11) is 0. The molecule has 0 bridgehead atoms. The Morgan fingerprint density at radius 3 is 2.65 bits per heavy atom. The Morgan fingerprint density at radius 2 is 1.96 bits per heavy atom. The summed E-state index contributed by atoms with van der Waals surface area (Å²) in [5.74, 6) is -0.496. The largest absolute Gasteiger partial charge is 0.573 e. The topological polar surface area (TPSA) is 83.5 Å². The summed E-state index contributed by atoms with van der Waals surface area (Å²) in [6.07, 6.45) is -4.79. The molecule has 0 atom stereocenters. The lowest BCUT2D eigenvalue weighted by atomic mass is 10.3. The Bertz CT molecular complexity index is 978. The number of fused-ring (bicyclic) bond motifs is 1. The normalized spacial score (nSPS) is 11.4. The third-order valence-electron chi connectivity index (χ3n) is 3.02. The van der Waals surface area contributed by atoms with Crippen molar-refractivity contribution in [1.82, 2.24) is 4.98 Å². The summed E-state index contributed by atoms with van der Waals surface area (Å²) in [5.41, 5.74) is 0.750. The highest BCUT2D eigenvalue weighted by molar-refractivity contribution is 7.22. The number of aromatic nitrogens is 1. The van der Waals surface area contributed by atoms with Gasteiger partial charge in [-0.1, -0.05) is 22.9 Å². The van der Waals surface area contributed by atoms with E-state index in [4.69, 9.17) is 11.6 Å². The fourth-order valence-electron chi connectivity index (χ4n) is 2.00. The lowest BCUT2D eigenvalue weighted by Gasteiger charge is -2.07. The van der Waals surface area contributed by atoms with Gasteiger partial charge < -0.3 is 15.2 Å². The molecule has 0 radical (unpaired) electrons. The number of aromatic hydroxyl groups is 1. The molecular weight excluding hydrogens is 395 g/mol. The molecule has 0 saturated carbocycles. The van der Waals surface area contributed by atoms with Crippen LogP contribution in [0.25, 0.3) is 10.2 Å². The highest BCUT2D eigenvalue weighted by atomic mass is 35.5. The van der Waals surface area contributed by atoms with Crippen LogP contribution in [-0.4, -0.2) is 22.5 Å². The molecular formula is C15H9ClF3N3O3S. The van der Waals surface area contributed by atoms with E-state index in [0.717, 1.165) is 17.4 Å². The van der Waals surface area contributed by atoms with Gasteiger partial charge in [-0.25, -0.2) is 9.78 Å². The smallest absolute Gasteiger partial charge is 0.506 e. The van der Waals surface area contributed by atoms with Crippen LogP contribution in [-0.2, 0) is 0 Å².